The van der Waals surface area contributed by atoms with Crippen LogP contribution >= 0.6 is 0 Å². The molecule has 0 atom stereocenters. The smallest absolute Gasteiger partial charge is 0.303 e. The molecule has 130 valence electrons. The molecule has 0 aliphatic carbocycles. The zero-order valence-corrected chi connectivity index (χ0v) is 14.0. The van der Waals surface area contributed by atoms with Crippen LogP contribution in [-0.4, -0.2) is 36.0 Å². The largest absolute Gasteiger partial charge is 0.481 e. The lowest BCUT2D eigenvalue weighted by atomic mass is 10.1. The summed E-state index contributed by atoms with van der Waals surface area (Å²) in [5.41, 5.74) is 2.55. The van der Waals surface area contributed by atoms with E-state index in [1.165, 1.54) is 0 Å². The number of hydrogen-bond donors (Lipinski definition) is 2. The molecule has 0 fully saturated rings. The van der Waals surface area contributed by atoms with E-state index in [2.05, 4.69) is 5.32 Å². The van der Waals surface area contributed by atoms with E-state index in [1.54, 1.807) is 17.9 Å². The maximum atomic E-state index is 12.2. The van der Waals surface area contributed by atoms with Crippen molar-refractivity contribution in [3.05, 3.63) is 29.3 Å². The molecule has 0 aromatic heterocycles. The van der Waals surface area contributed by atoms with Gasteiger partial charge in [-0.15, -0.1) is 0 Å². The van der Waals surface area contributed by atoms with Gasteiger partial charge in [0.1, 0.15) is 0 Å². The summed E-state index contributed by atoms with van der Waals surface area (Å²) in [6, 6.07) is 5.45. The number of carboxylic acids is 1. The molecule has 0 bridgehead atoms. The molecule has 1 aromatic rings. The average Bonchev–Trinajstić information content (AvgIpc) is 2.96. The van der Waals surface area contributed by atoms with Crippen LogP contribution in [0, 0.1) is 0 Å². The van der Waals surface area contributed by atoms with Gasteiger partial charge in [-0.2, -0.15) is 0 Å². The minimum Gasteiger partial charge on any atom is -0.481 e. The Hall–Kier alpha value is -2.37. The monoisotopic (exact) mass is 332 g/mol. The fraction of sp³-hybridized carbons (Fsp3) is 0.500. The SMILES string of the molecule is CC(=O)N1CCc2cc(C(=O)NCCCCCCC(=O)O)ccc21. The zero-order chi connectivity index (χ0) is 17.5. The topological polar surface area (TPSA) is 86.7 Å². The van der Waals surface area contributed by atoms with Crippen molar-refractivity contribution in [1.29, 1.82) is 0 Å². The summed E-state index contributed by atoms with van der Waals surface area (Å²) in [6.45, 7) is 2.81. The summed E-state index contributed by atoms with van der Waals surface area (Å²) in [6.07, 6.45) is 4.28. The number of unbranched alkanes of at least 4 members (excludes halogenated alkanes) is 3. The molecule has 2 N–H and O–H groups in total. The maximum Gasteiger partial charge on any atom is 0.303 e. The lowest BCUT2D eigenvalue weighted by molar-refractivity contribution is -0.137. The first-order valence-corrected chi connectivity index (χ1v) is 8.40. The van der Waals surface area contributed by atoms with Crippen LogP contribution in [0.5, 0.6) is 0 Å². The predicted octanol–water partition coefficient (Wildman–Crippen LogP) is 2.36. The summed E-state index contributed by atoms with van der Waals surface area (Å²) in [4.78, 5) is 35.8. The molecule has 0 radical (unpaired) electrons. The Labute approximate surface area is 141 Å². The van der Waals surface area contributed by atoms with Crippen molar-refractivity contribution in [3.63, 3.8) is 0 Å². The lowest BCUT2D eigenvalue weighted by Gasteiger charge is -2.14. The van der Waals surface area contributed by atoms with Gasteiger partial charge in [-0.1, -0.05) is 12.8 Å². The van der Waals surface area contributed by atoms with E-state index < -0.39 is 5.97 Å². The number of aliphatic carboxylic acids is 1. The zero-order valence-electron chi connectivity index (χ0n) is 14.0. The van der Waals surface area contributed by atoms with Gasteiger partial charge in [0.05, 0.1) is 0 Å². The number of anilines is 1. The van der Waals surface area contributed by atoms with Gasteiger partial charge in [-0.05, 0) is 43.0 Å². The van der Waals surface area contributed by atoms with Crippen LogP contribution in [0.25, 0.3) is 0 Å². The normalized spacial score (nSPS) is 12.8. The molecule has 1 aliphatic rings. The van der Waals surface area contributed by atoms with Crippen LogP contribution in [-0.2, 0) is 16.0 Å². The van der Waals surface area contributed by atoms with Crippen molar-refractivity contribution >= 4 is 23.5 Å². The number of fused-ring (bicyclic) bond motifs is 1. The first-order valence-electron chi connectivity index (χ1n) is 8.40. The molecule has 2 amide bonds. The number of nitrogens with zero attached hydrogens (tertiary/aromatic N) is 1. The third-order valence-corrected chi connectivity index (χ3v) is 4.22. The van der Waals surface area contributed by atoms with Crippen molar-refractivity contribution in [3.8, 4) is 0 Å². The highest BCUT2D eigenvalue weighted by Crippen LogP contribution is 2.28. The Bertz CT molecular complexity index is 627. The van der Waals surface area contributed by atoms with E-state index in [0.717, 1.165) is 36.9 Å². The number of carbonyl (C=O) groups is 3. The number of carbonyl (C=O) groups excluding carboxylic acids is 2. The molecule has 6 heteroatoms. The lowest BCUT2D eigenvalue weighted by Crippen LogP contribution is -2.26. The Morgan fingerprint density at radius 2 is 1.92 bits per heavy atom. The van der Waals surface area contributed by atoms with E-state index in [4.69, 9.17) is 5.11 Å². The van der Waals surface area contributed by atoms with Crippen LogP contribution in [0.15, 0.2) is 18.2 Å². The van der Waals surface area contributed by atoms with Crippen molar-refractivity contribution < 1.29 is 19.5 Å². The summed E-state index contributed by atoms with van der Waals surface area (Å²) < 4.78 is 0. The molecule has 0 unspecified atom stereocenters. The van der Waals surface area contributed by atoms with E-state index in [-0.39, 0.29) is 18.2 Å². The molecule has 1 aliphatic heterocycles. The number of rotatable bonds is 8. The van der Waals surface area contributed by atoms with E-state index in [9.17, 15) is 14.4 Å². The highest BCUT2D eigenvalue weighted by atomic mass is 16.4. The van der Waals surface area contributed by atoms with Crippen LogP contribution < -0.4 is 10.2 Å². The average molecular weight is 332 g/mol. The van der Waals surface area contributed by atoms with E-state index >= 15 is 0 Å². The highest BCUT2D eigenvalue weighted by Gasteiger charge is 2.22. The third kappa shape index (κ3) is 4.81. The quantitative estimate of drug-likeness (QED) is 0.716. The Morgan fingerprint density at radius 3 is 2.62 bits per heavy atom. The molecule has 1 heterocycles. The highest BCUT2D eigenvalue weighted by molar-refractivity contribution is 5.97. The second kappa shape index (κ2) is 8.47. The second-order valence-electron chi connectivity index (χ2n) is 6.08. The first kappa shape index (κ1) is 18.0. The fourth-order valence-electron chi connectivity index (χ4n) is 2.93. The molecule has 0 saturated carbocycles. The van der Waals surface area contributed by atoms with Crippen molar-refractivity contribution in [2.45, 2.75) is 45.4 Å². The molecule has 6 nitrogen and oxygen atoms in total. The van der Waals surface area contributed by atoms with Gasteiger partial charge in [0, 0.05) is 37.7 Å². The van der Waals surface area contributed by atoms with Gasteiger partial charge < -0.3 is 15.3 Å². The summed E-state index contributed by atoms with van der Waals surface area (Å²) in [7, 11) is 0. The first-order chi connectivity index (χ1) is 11.5. The maximum absolute atomic E-state index is 12.2. The van der Waals surface area contributed by atoms with Gasteiger partial charge in [-0.25, -0.2) is 0 Å². The molecule has 24 heavy (non-hydrogen) atoms. The number of nitrogens with one attached hydrogen (secondary N) is 1. The Morgan fingerprint density at radius 1 is 1.17 bits per heavy atom. The molecule has 0 saturated heterocycles. The van der Waals surface area contributed by atoms with Crippen LogP contribution in [0.3, 0.4) is 0 Å². The minimum absolute atomic E-state index is 0.0221. The molecule has 1 aromatic carbocycles. The third-order valence-electron chi connectivity index (χ3n) is 4.22. The number of benzene rings is 1. The van der Waals surface area contributed by atoms with Gasteiger partial charge in [0.2, 0.25) is 5.91 Å². The molecule has 0 spiro atoms. The summed E-state index contributed by atoms with van der Waals surface area (Å²) in [5.74, 6) is -0.846. The fourth-order valence-corrected chi connectivity index (χ4v) is 2.93. The Kier molecular flexibility index (Phi) is 6.35. The van der Waals surface area contributed by atoms with Gasteiger partial charge >= 0.3 is 5.97 Å². The van der Waals surface area contributed by atoms with Crippen molar-refractivity contribution in [1.82, 2.24) is 5.32 Å². The number of amides is 2. The molecule has 2 rings (SSSR count). The van der Waals surface area contributed by atoms with Gasteiger partial charge in [-0.3, -0.25) is 14.4 Å². The van der Waals surface area contributed by atoms with Crippen LogP contribution in [0.4, 0.5) is 5.69 Å². The summed E-state index contributed by atoms with van der Waals surface area (Å²) in [5, 5.41) is 11.4. The summed E-state index contributed by atoms with van der Waals surface area (Å²) >= 11 is 0. The van der Waals surface area contributed by atoms with Gasteiger partial charge in [0.15, 0.2) is 0 Å². The Balaban J connectivity index is 1.76. The van der Waals surface area contributed by atoms with Crippen LogP contribution in [0.1, 0.15) is 54.9 Å². The minimum atomic E-state index is -0.761. The number of carboxylic acid groups (broad SMARTS) is 1. The van der Waals surface area contributed by atoms with E-state index in [0.29, 0.717) is 25.1 Å². The van der Waals surface area contributed by atoms with E-state index in [1.807, 2.05) is 12.1 Å². The second-order valence-corrected chi connectivity index (χ2v) is 6.08. The number of hydrogen-bond acceptors (Lipinski definition) is 3. The van der Waals surface area contributed by atoms with Crippen molar-refractivity contribution in [2.24, 2.45) is 0 Å². The van der Waals surface area contributed by atoms with Crippen LogP contribution in [0.2, 0.25) is 0 Å². The predicted molar refractivity (Wildman–Crippen MR) is 91.2 cm³/mol. The van der Waals surface area contributed by atoms with Gasteiger partial charge in [0.25, 0.3) is 5.91 Å². The van der Waals surface area contributed by atoms with Crippen molar-refractivity contribution in [2.75, 3.05) is 18.0 Å². The molecular formula is C18H24N2O4. The molecular weight excluding hydrogens is 308 g/mol. The standard InChI is InChI=1S/C18H24N2O4/c1-13(21)20-11-9-14-12-15(7-8-16(14)20)18(24)19-10-5-3-2-4-6-17(22)23/h7-8,12H,2-6,9-11H2,1H3,(H,19,24)(H,22,23).